The van der Waals surface area contributed by atoms with Crippen molar-refractivity contribution >= 4 is 22.8 Å². The zero-order chi connectivity index (χ0) is 26.3. The smallest absolute Gasteiger partial charge is 0.419 e. The minimum absolute atomic E-state index is 0.0418. The molecule has 1 N–H and O–H groups in total. The Morgan fingerprint density at radius 3 is 2.76 bits per heavy atom. The van der Waals surface area contributed by atoms with Crippen molar-refractivity contribution in [1.29, 1.82) is 0 Å². The van der Waals surface area contributed by atoms with Crippen LogP contribution in [0.3, 0.4) is 0 Å². The van der Waals surface area contributed by atoms with E-state index in [0.717, 1.165) is 31.0 Å². The number of hydrogen-bond donors (Lipinski definition) is 1. The lowest BCUT2D eigenvalue weighted by Crippen LogP contribution is -2.43. The summed E-state index contributed by atoms with van der Waals surface area (Å²) in [7, 11) is 5.16. The molecule has 1 saturated carbocycles. The van der Waals surface area contributed by atoms with Gasteiger partial charge in [-0.2, -0.15) is 13.2 Å². The van der Waals surface area contributed by atoms with E-state index in [1.165, 1.54) is 17.4 Å². The molecule has 8 nitrogen and oxygen atoms in total. The third-order valence-electron chi connectivity index (χ3n) is 7.50. The Hall–Kier alpha value is -3.34. The van der Waals surface area contributed by atoms with E-state index in [2.05, 4.69) is 20.2 Å². The van der Waals surface area contributed by atoms with Gasteiger partial charge in [-0.3, -0.25) is 9.69 Å². The highest BCUT2D eigenvalue weighted by molar-refractivity contribution is 5.89. The van der Waals surface area contributed by atoms with Crippen LogP contribution < -0.4 is 10.1 Å². The maximum atomic E-state index is 14.0. The first-order valence-electron chi connectivity index (χ1n) is 12.5. The summed E-state index contributed by atoms with van der Waals surface area (Å²) in [6.07, 6.45) is 0.557. The fraction of sp³-hybridized carbons (Fsp3) is 0.500. The summed E-state index contributed by atoms with van der Waals surface area (Å²) < 4.78 is 49.3. The SMILES string of the molecule is CNc1nc(-c2ccc(OCCN(C)C(=O)CN3CC4CC[C@H]3C4)c(C(F)(F)F)c2)cc2c1ncn2C. The lowest BCUT2D eigenvalue weighted by atomic mass is 10.1. The van der Waals surface area contributed by atoms with E-state index in [0.29, 0.717) is 41.1 Å². The van der Waals surface area contributed by atoms with Crippen LogP contribution in [0.25, 0.3) is 22.3 Å². The second-order valence-electron chi connectivity index (χ2n) is 9.96. The quantitative estimate of drug-likeness (QED) is 0.488. The summed E-state index contributed by atoms with van der Waals surface area (Å²) >= 11 is 0. The van der Waals surface area contributed by atoms with Gasteiger partial charge in [-0.05, 0) is 49.4 Å². The number of piperidine rings is 1. The number of amides is 1. The predicted octanol–water partition coefficient (Wildman–Crippen LogP) is 4.02. The number of aromatic nitrogens is 3. The van der Waals surface area contributed by atoms with E-state index in [-0.39, 0.29) is 24.8 Å². The summed E-state index contributed by atoms with van der Waals surface area (Å²) in [5.74, 6) is 0.863. The number of halogens is 3. The Bertz CT molecular complexity index is 1310. The maximum Gasteiger partial charge on any atom is 0.419 e. The normalized spacial score (nSPS) is 19.5. The van der Waals surface area contributed by atoms with Gasteiger partial charge in [0.1, 0.15) is 17.9 Å². The number of imidazole rings is 1. The number of alkyl halides is 3. The van der Waals surface area contributed by atoms with Crippen molar-refractivity contribution < 1.29 is 22.7 Å². The zero-order valence-corrected chi connectivity index (χ0v) is 21.2. The van der Waals surface area contributed by atoms with E-state index in [4.69, 9.17) is 4.74 Å². The highest BCUT2D eigenvalue weighted by Gasteiger charge is 2.38. The number of carbonyl (C=O) groups is 1. The topological polar surface area (TPSA) is 75.5 Å². The van der Waals surface area contributed by atoms with Gasteiger partial charge in [0.2, 0.25) is 5.91 Å². The Labute approximate surface area is 213 Å². The molecule has 0 spiro atoms. The number of ether oxygens (including phenoxy) is 1. The van der Waals surface area contributed by atoms with Crippen molar-refractivity contribution in [2.45, 2.75) is 31.5 Å². The molecule has 0 radical (unpaired) electrons. The molecule has 1 saturated heterocycles. The molecule has 37 heavy (non-hydrogen) atoms. The number of benzene rings is 1. The molecule has 1 aromatic carbocycles. The Kier molecular flexibility index (Phi) is 6.74. The van der Waals surface area contributed by atoms with E-state index in [1.54, 1.807) is 37.1 Å². The molecule has 2 aromatic heterocycles. The van der Waals surface area contributed by atoms with Crippen LogP contribution in [0, 0.1) is 5.92 Å². The average molecular weight is 517 g/mol. The van der Waals surface area contributed by atoms with Crippen molar-refractivity contribution in [3.8, 4) is 17.0 Å². The number of likely N-dealkylation sites (N-methyl/N-ethyl adjacent to an activating group) is 1. The molecule has 2 fully saturated rings. The predicted molar refractivity (Wildman–Crippen MR) is 134 cm³/mol. The number of rotatable bonds is 8. The lowest BCUT2D eigenvalue weighted by molar-refractivity contribution is -0.139. The van der Waals surface area contributed by atoms with Gasteiger partial charge in [0, 0.05) is 39.3 Å². The van der Waals surface area contributed by atoms with Crippen LogP contribution in [-0.2, 0) is 18.0 Å². The minimum Gasteiger partial charge on any atom is -0.491 e. The molecule has 3 heterocycles. The highest BCUT2D eigenvalue weighted by atomic mass is 19.4. The number of anilines is 1. The van der Waals surface area contributed by atoms with Gasteiger partial charge >= 0.3 is 6.18 Å². The molecule has 1 amide bonds. The summed E-state index contributed by atoms with van der Waals surface area (Å²) in [6, 6.07) is 6.13. The van der Waals surface area contributed by atoms with Gasteiger partial charge in [-0.15, -0.1) is 0 Å². The zero-order valence-electron chi connectivity index (χ0n) is 21.2. The van der Waals surface area contributed by atoms with Crippen LogP contribution >= 0.6 is 0 Å². The van der Waals surface area contributed by atoms with Crippen molar-refractivity contribution in [3.05, 3.63) is 36.2 Å². The molecule has 1 aliphatic carbocycles. The highest BCUT2D eigenvalue weighted by Crippen LogP contribution is 2.39. The summed E-state index contributed by atoms with van der Waals surface area (Å²) in [6.45, 7) is 1.47. The number of pyridine rings is 1. The summed E-state index contributed by atoms with van der Waals surface area (Å²) in [5, 5.41) is 2.96. The number of fused-ring (bicyclic) bond motifs is 3. The van der Waals surface area contributed by atoms with Gasteiger partial charge in [0.05, 0.1) is 36.2 Å². The lowest BCUT2D eigenvalue weighted by Gasteiger charge is -2.28. The van der Waals surface area contributed by atoms with Crippen LogP contribution in [0.4, 0.5) is 19.0 Å². The molecule has 1 aliphatic heterocycles. The first-order chi connectivity index (χ1) is 17.6. The monoisotopic (exact) mass is 516 g/mol. The number of likely N-dealkylation sites (tertiary alicyclic amines) is 1. The number of nitrogens with zero attached hydrogens (tertiary/aromatic N) is 5. The standard InChI is InChI=1S/C26H31F3N6O2/c1-30-25-24-21(34(3)15-31-24)12-20(32-25)17-5-7-22(19(11-17)26(27,28)29)37-9-8-33(2)23(36)14-35-13-16-4-6-18(35)10-16/h5,7,11-12,15-16,18H,4,6,8-10,13-14H2,1-3H3,(H,30,32)/t16?,18-/m0/s1. The first kappa shape index (κ1) is 25.3. The fourth-order valence-electron chi connectivity index (χ4n) is 5.42. The largest absolute Gasteiger partial charge is 0.491 e. The molecular weight excluding hydrogens is 485 g/mol. The van der Waals surface area contributed by atoms with Gasteiger partial charge in [-0.25, -0.2) is 9.97 Å². The molecular formula is C26H31F3N6O2. The molecule has 2 bridgehead atoms. The second kappa shape index (κ2) is 9.85. The summed E-state index contributed by atoms with van der Waals surface area (Å²) in [4.78, 5) is 25.2. The number of aryl methyl sites for hydroxylation is 1. The summed E-state index contributed by atoms with van der Waals surface area (Å²) in [5.41, 5.74) is 1.20. The molecule has 2 atom stereocenters. The Morgan fingerprint density at radius 1 is 1.27 bits per heavy atom. The van der Waals surface area contributed by atoms with Gasteiger partial charge in [0.15, 0.2) is 5.82 Å². The van der Waals surface area contributed by atoms with Crippen molar-refractivity contribution in [2.75, 3.05) is 45.7 Å². The van der Waals surface area contributed by atoms with E-state index >= 15 is 0 Å². The van der Waals surface area contributed by atoms with Crippen molar-refractivity contribution in [2.24, 2.45) is 13.0 Å². The third kappa shape index (κ3) is 5.09. The fourth-order valence-corrected chi connectivity index (χ4v) is 5.42. The van der Waals surface area contributed by atoms with Crippen LogP contribution in [0.1, 0.15) is 24.8 Å². The van der Waals surface area contributed by atoms with Crippen molar-refractivity contribution in [3.63, 3.8) is 0 Å². The number of hydrogen-bond acceptors (Lipinski definition) is 6. The first-order valence-corrected chi connectivity index (χ1v) is 12.5. The Morgan fingerprint density at radius 2 is 2.08 bits per heavy atom. The van der Waals surface area contributed by atoms with Gasteiger partial charge < -0.3 is 19.5 Å². The molecule has 1 unspecified atom stereocenters. The molecule has 5 rings (SSSR count). The van der Waals surface area contributed by atoms with Crippen LogP contribution in [0.5, 0.6) is 5.75 Å². The van der Waals surface area contributed by atoms with E-state index < -0.39 is 11.7 Å². The average Bonchev–Trinajstić information content (AvgIpc) is 3.59. The number of carbonyl (C=O) groups excluding carboxylic acids is 1. The molecule has 3 aromatic rings. The van der Waals surface area contributed by atoms with Crippen LogP contribution in [-0.4, -0.2) is 76.6 Å². The second-order valence-corrected chi connectivity index (χ2v) is 9.96. The maximum absolute atomic E-state index is 14.0. The molecule has 198 valence electrons. The van der Waals surface area contributed by atoms with Crippen molar-refractivity contribution in [1.82, 2.24) is 24.3 Å². The van der Waals surface area contributed by atoms with E-state index in [9.17, 15) is 18.0 Å². The minimum atomic E-state index is -4.62. The van der Waals surface area contributed by atoms with E-state index in [1.807, 2.05) is 7.05 Å². The van der Waals surface area contributed by atoms with Gasteiger partial charge in [-0.1, -0.05) is 0 Å². The van der Waals surface area contributed by atoms with Gasteiger partial charge in [0.25, 0.3) is 0 Å². The molecule has 2 aliphatic rings. The van der Waals surface area contributed by atoms with Crippen LogP contribution in [0.2, 0.25) is 0 Å². The number of nitrogens with one attached hydrogen (secondary N) is 1. The van der Waals surface area contributed by atoms with Crippen LogP contribution in [0.15, 0.2) is 30.6 Å². The third-order valence-corrected chi connectivity index (χ3v) is 7.50. The molecule has 11 heteroatoms. The Balaban J connectivity index is 1.28.